The van der Waals surface area contributed by atoms with E-state index < -0.39 is 11.7 Å². The van der Waals surface area contributed by atoms with Gasteiger partial charge in [-0.3, -0.25) is 0 Å². The molecule has 0 saturated carbocycles. The summed E-state index contributed by atoms with van der Waals surface area (Å²) in [5, 5.41) is 11.9. The first kappa shape index (κ1) is 15.3. The van der Waals surface area contributed by atoms with E-state index in [2.05, 4.69) is 5.32 Å². The van der Waals surface area contributed by atoms with E-state index in [-0.39, 0.29) is 11.3 Å². The fraction of sp³-hybridized carbons (Fsp3) is 0.462. The average Bonchev–Trinajstić information content (AvgIpc) is 2.37. The topological polar surface area (TPSA) is 45.0 Å². The van der Waals surface area contributed by atoms with Crippen LogP contribution in [0.2, 0.25) is 0 Å². The highest BCUT2D eigenvalue weighted by Gasteiger charge is 2.31. The number of benzene rings is 1. The van der Waals surface area contributed by atoms with Crippen molar-refractivity contribution >= 4 is 0 Å². The Hall–Kier alpha value is -1.74. The number of rotatable bonds is 6. The zero-order valence-electron chi connectivity index (χ0n) is 10.5. The minimum absolute atomic E-state index is 0.106. The third-order valence-corrected chi connectivity index (χ3v) is 2.39. The molecule has 6 heteroatoms. The van der Waals surface area contributed by atoms with Crippen LogP contribution in [0.4, 0.5) is 13.2 Å². The number of halogens is 3. The zero-order valence-corrected chi connectivity index (χ0v) is 10.5. The van der Waals surface area contributed by atoms with Gasteiger partial charge in [0.1, 0.15) is 18.4 Å². The molecular formula is C13H15F3N2O. The Kier molecular flexibility index (Phi) is 5.64. The van der Waals surface area contributed by atoms with Gasteiger partial charge in [-0.25, -0.2) is 0 Å². The summed E-state index contributed by atoms with van der Waals surface area (Å²) in [4.78, 5) is 0. The Morgan fingerprint density at radius 2 is 2.05 bits per heavy atom. The lowest BCUT2D eigenvalue weighted by molar-refractivity contribution is -0.137. The predicted octanol–water partition coefficient (Wildman–Crippen LogP) is 2.96. The van der Waals surface area contributed by atoms with E-state index in [0.29, 0.717) is 13.2 Å². The van der Waals surface area contributed by atoms with Crippen molar-refractivity contribution in [2.45, 2.75) is 19.5 Å². The van der Waals surface area contributed by atoms with Crippen molar-refractivity contribution in [3.63, 3.8) is 0 Å². The Bertz CT molecular complexity index is 452. The second kappa shape index (κ2) is 7.00. The van der Waals surface area contributed by atoms with Crippen molar-refractivity contribution in [1.29, 1.82) is 5.26 Å². The number of hydrogen-bond donors (Lipinski definition) is 1. The molecule has 1 N–H and O–H groups in total. The minimum atomic E-state index is -4.45. The lowest BCUT2D eigenvalue weighted by Crippen LogP contribution is -2.21. The largest absolute Gasteiger partial charge is 0.491 e. The molecule has 0 spiro atoms. The van der Waals surface area contributed by atoms with Gasteiger partial charge in [-0.05, 0) is 31.2 Å². The highest BCUT2D eigenvalue weighted by atomic mass is 19.4. The lowest BCUT2D eigenvalue weighted by atomic mass is 10.1. The molecule has 1 aromatic rings. The zero-order chi connectivity index (χ0) is 14.3. The maximum absolute atomic E-state index is 12.5. The molecule has 0 amide bonds. The molecule has 0 aliphatic rings. The quantitative estimate of drug-likeness (QED) is 0.810. The molecule has 0 aromatic heterocycles. The summed E-state index contributed by atoms with van der Waals surface area (Å²) in [6.07, 6.45) is -3.46. The van der Waals surface area contributed by atoms with Crippen molar-refractivity contribution in [2.75, 3.05) is 19.7 Å². The molecule has 1 aromatic carbocycles. The minimum Gasteiger partial charge on any atom is -0.491 e. The second-order valence-electron chi connectivity index (χ2n) is 3.92. The van der Waals surface area contributed by atoms with Crippen LogP contribution in [0, 0.1) is 11.3 Å². The van der Waals surface area contributed by atoms with Gasteiger partial charge in [0.25, 0.3) is 0 Å². The van der Waals surface area contributed by atoms with Gasteiger partial charge in [0, 0.05) is 6.54 Å². The van der Waals surface area contributed by atoms with Gasteiger partial charge < -0.3 is 10.1 Å². The maximum Gasteiger partial charge on any atom is 0.416 e. The molecule has 0 aliphatic carbocycles. The Morgan fingerprint density at radius 1 is 1.32 bits per heavy atom. The highest BCUT2D eigenvalue weighted by Crippen LogP contribution is 2.32. The van der Waals surface area contributed by atoms with Gasteiger partial charge in [0.2, 0.25) is 0 Å². The van der Waals surface area contributed by atoms with Gasteiger partial charge >= 0.3 is 6.18 Å². The molecule has 0 bridgehead atoms. The summed E-state index contributed by atoms with van der Waals surface area (Å²) in [7, 11) is 0. The van der Waals surface area contributed by atoms with E-state index in [4.69, 9.17) is 10.00 Å². The fourth-order valence-corrected chi connectivity index (χ4v) is 1.45. The van der Waals surface area contributed by atoms with Crippen molar-refractivity contribution in [2.24, 2.45) is 0 Å². The van der Waals surface area contributed by atoms with E-state index in [1.165, 1.54) is 6.07 Å². The van der Waals surface area contributed by atoms with Crippen LogP contribution in [0.15, 0.2) is 18.2 Å². The van der Waals surface area contributed by atoms with Crippen LogP contribution in [-0.2, 0) is 6.18 Å². The van der Waals surface area contributed by atoms with Crippen LogP contribution in [0.5, 0.6) is 5.75 Å². The molecule has 0 fully saturated rings. The Morgan fingerprint density at radius 3 is 2.63 bits per heavy atom. The average molecular weight is 272 g/mol. The highest BCUT2D eigenvalue weighted by molar-refractivity contribution is 5.46. The second-order valence-corrected chi connectivity index (χ2v) is 3.92. The molecule has 1 rings (SSSR count). The smallest absolute Gasteiger partial charge is 0.416 e. The van der Waals surface area contributed by atoms with Gasteiger partial charge in [0.05, 0.1) is 11.1 Å². The number of nitrogens with one attached hydrogen (secondary N) is 1. The van der Waals surface area contributed by atoms with E-state index >= 15 is 0 Å². The molecule has 0 aliphatic heterocycles. The monoisotopic (exact) mass is 272 g/mol. The maximum atomic E-state index is 12.5. The van der Waals surface area contributed by atoms with Crippen LogP contribution in [0.25, 0.3) is 0 Å². The number of alkyl halides is 3. The number of hydrogen-bond acceptors (Lipinski definition) is 3. The SMILES string of the molecule is CCCNCCOc1ccc(C(F)(F)F)cc1C#N. The van der Waals surface area contributed by atoms with E-state index in [1.54, 1.807) is 6.07 Å². The molecule has 3 nitrogen and oxygen atoms in total. The summed E-state index contributed by atoms with van der Waals surface area (Å²) in [6, 6.07) is 4.61. The molecular weight excluding hydrogens is 257 g/mol. The molecule has 19 heavy (non-hydrogen) atoms. The predicted molar refractivity (Wildman–Crippen MR) is 64.8 cm³/mol. The normalized spacial score (nSPS) is 11.1. The van der Waals surface area contributed by atoms with Crippen LogP contribution >= 0.6 is 0 Å². The van der Waals surface area contributed by atoms with Gasteiger partial charge in [-0.15, -0.1) is 0 Å². The summed E-state index contributed by atoms with van der Waals surface area (Å²) in [5.74, 6) is 0.175. The molecule has 0 radical (unpaired) electrons. The van der Waals surface area contributed by atoms with Crippen molar-refractivity contribution in [1.82, 2.24) is 5.32 Å². The molecule has 0 heterocycles. The standard InChI is InChI=1S/C13H15F3N2O/c1-2-5-18-6-7-19-12-4-3-11(13(14,15)16)8-10(12)9-17/h3-4,8,18H,2,5-7H2,1H3. The molecule has 0 saturated heterocycles. The molecule has 0 atom stereocenters. The molecule has 0 unspecified atom stereocenters. The third-order valence-electron chi connectivity index (χ3n) is 2.39. The third kappa shape index (κ3) is 4.79. The van der Waals surface area contributed by atoms with E-state index in [9.17, 15) is 13.2 Å². The van der Waals surface area contributed by atoms with Crippen LogP contribution in [-0.4, -0.2) is 19.7 Å². The number of nitriles is 1. The summed E-state index contributed by atoms with van der Waals surface area (Å²) in [5.41, 5.74) is -0.953. The van der Waals surface area contributed by atoms with Crippen LogP contribution in [0.3, 0.4) is 0 Å². The first-order chi connectivity index (χ1) is 8.99. The molecule has 104 valence electrons. The summed E-state index contributed by atoms with van der Waals surface area (Å²) in [6.45, 7) is 3.76. The first-order valence-electron chi connectivity index (χ1n) is 5.94. The van der Waals surface area contributed by atoms with Gasteiger partial charge in [0.15, 0.2) is 0 Å². The summed E-state index contributed by atoms with van der Waals surface area (Å²) >= 11 is 0. The Balaban J connectivity index is 2.67. The van der Waals surface area contributed by atoms with Gasteiger partial charge in [-0.2, -0.15) is 18.4 Å². The van der Waals surface area contributed by atoms with Gasteiger partial charge in [-0.1, -0.05) is 6.92 Å². The van der Waals surface area contributed by atoms with E-state index in [0.717, 1.165) is 25.1 Å². The number of ether oxygens (including phenoxy) is 1. The van der Waals surface area contributed by atoms with Crippen molar-refractivity contribution in [3.8, 4) is 11.8 Å². The van der Waals surface area contributed by atoms with Crippen LogP contribution < -0.4 is 10.1 Å². The lowest BCUT2D eigenvalue weighted by Gasteiger charge is -2.11. The number of nitrogens with zero attached hydrogens (tertiary/aromatic N) is 1. The fourth-order valence-electron chi connectivity index (χ4n) is 1.45. The first-order valence-corrected chi connectivity index (χ1v) is 5.94. The van der Waals surface area contributed by atoms with Crippen molar-refractivity contribution < 1.29 is 17.9 Å². The Labute approximate surface area is 110 Å². The van der Waals surface area contributed by atoms with E-state index in [1.807, 2.05) is 6.92 Å². The summed E-state index contributed by atoms with van der Waals surface area (Å²) < 4.78 is 42.7. The van der Waals surface area contributed by atoms with Crippen LogP contribution in [0.1, 0.15) is 24.5 Å². The van der Waals surface area contributed by atoms with Crippen molar-refractivity contribution in [3.05, 3.63) is 29.3 Å².